The first kappa shape index (κ1) is 15.1. The molecule has 0 aliphatic carbocycles. The number of likely N-dealkylation sites (N-methyl/N-ethyl adjacent to an activating group) is 1. The minimum Gasteiger partial charge on any atom is -0.313 e. The van der Waals surface area contributed by atoms with Gasteiger partial charge in [0.1, 0.15) is 11.6 Å². The summed E-state index contributed by atoms with van der Waals surface area (Å²) >= 11 is 0. The van der Waals surface area contributed by atoms with Gasteiger partial charge in [-0.1, -0.05) is 27.7 Å². The lowest BCUT2D eigenvalue weighted by atomic mass is 9.79. The molecule has 0 radical (unpaired) electrons. The summed E-state index contributed by atoms with van der Waals surface area (Å²) in [4.78, 5) is 0. The van der Waals surface area contributed by atoms with Crippen molar-refractivity contribution in [1.29, 1.82) is 0 Å². The van der Waals surface area contributed by atoms with E-state index in [0.29, 0.717) is 12.0 Å². The van der Waals surface area contributed by atoms with Crippen molar-refractivity contribution in [3.63, 3.8) is 0 Å². The van der Waals surface area contributed by atoms with Crippen molar-refractivity contribution < 1.29 is 8.78 Å². The van der Waals surface area contributed by atoms with Crippen LogP contribution < -0.4 is 5.32 Å². The van der Waals surface area contributed by atoms with Crippen molar-refractivity contribution in [3.05, 3.63) is 35.4 Å². The van der Waals surface area contributed by atoms with E-state index in [4.69, 9.17) is 0 Å². The molecule has 1 atom stereocenters. The Labute approximate surface area is 109 Å². The zero-order valence-electron chi connectivity index (χ0n) is 11.7. The van der Waals surface area contributed by atoms with Gasteiger partial charge in [0.2, 0.25) is 0 Å². The standard InChI is InChI=1S/C15H23F2N/c1-5-15(3,4)14(18-6-2)9-11-7-12(16)10-13(17)8-11/h7-8,10,14,18H,5-6,9H2,1-4H3. The highest BCUT2D eigenvalue weighted by molar-refractivity contribution is 5.19. The van der Waals surface area contributed by atoms with Crippen LogP contribution in [0.25, 0.3) is 0 Å². The van der Waals surface area contributed by atoms with Crippen LogP contribution in [-0.4, -0.2) is 12.6 Å². The maximum Gasteiger partial charge on any atom is 0.126 e. The molecule has 0 aliphatic rings. The van der Waals surface area contributed by atoms with Crippen molar-refractivity contribution in [2.75, 3.05) is 6.54 Å². The summed E-state index contributed by atoms with van der Waals surface area (Å²) in [5, 5.41) is 3.42. The maximum absolute atomic E-state index is 13.2. The lowest BCUT2D eigenvalue weighted by Crippen LogP contribution is -2.43. The molecule has 1 N–H and O–H groups in total. The first-order chi connectivity index (χ1) is 8.39. The van der Waals surface area contributed by atoms with E-state index < -0.39 is 11.6 Å². The van der Waals surface area contributed by atoms with Crippen LogP contribution in [-0.2, 0) is 6.42 Å². The van der Waals surface area contributed by atoms with E-state index in [-0.39, 0.29) is 11.5 Å². The molecule has 0 heterocycles. The molecule has 0 saturated carbocycles. The van der Waals surface area contributed by atoms with Crippen molar-refractivity contribution in [1.82, 2.24) is 5.32 Å². The predicted molar refractivity (Wildman–Crippen MR) is 71.6 cm³/mol. The fraction of sp³-hybridized carbons (Fsp3) is 0.600. The van der Waals surface area contributed by atoms with E-state index in [2.05, 4.69) is 26.1 Å². The summed E-state index contributed by atoms with van der Waals surface area (Å²) in [5.41, 5.74) is 0.804. The van der Waals surface area contributed by atoms with Gasteiger partial charge in [0.25, 0.3) is 0 Å². The molecular weight excluding hydrogens is 232 g/mol. The van der Waals surface area contributed by atoms with Crippen LogP contribution in [0.5, 0.6) is 0 Å². The van der Waals surface area contributed by atoms with Crippen LogP contribution in [0.3, 0.4) is 0 Å². The van der Waals surface area contributed by atoms with Crippen LogP contribution >= 0.6 is 0 Å². The largest absolute Gasteiger partial charge is 0.313 e. The number of hydrogen-bond donors (Lipinski definition) is 1. The van der Waals surface area contributed by atoms with E-state index in [1.165, 1.54) is 12.1 Å². The second kappa shape index (κ2) is 6.28. The third-order valence-electron chi connectivity index (χ3n) is 3.67. The highest BCUT2D eigenvalue weighted by Crippen LogP contribution is 2.27. The first-order valence-electron chi connectivity index (χ1n) is 6.57. The zero-order valence-corrected chi connectivity index (χ0v) is 11.7. The summed E-state index contributed by atoms with van der Waals surface area (Å²) in [7, 11) is 0. The van der Waals surface area contributed by atoms with E-state index in [9.17, 15) is 8.78 Å². The zero-order chi connectivity index (χ0) is 13.8. The average Bonchev–Trinajstić information content (AvgIpc) is 2.27. The Kier molecular flexibility index (Phi) is 5.27. The van der Waals surface area contributed by atoms with Gasteiger partial charge in [0.15, 0.2) is 0 Å². The molecule has 0 aromatic heterocycles. The predicted octanol–water partition coefficient (Wildman–Crippen LogP) is 3.92. The van der Waals surface area contributed by atoms with Gasteiger partial charge in [-0.25, -0.2) is 8.78 Å². The molecule has 0 amide bonds. The lowest BCUT2D eigenvalue weighted by molar-refractivity contribution is 0.232. The van der Waals surface area contributed by atoms with Crippen molar-refractivity contribution in [2.24, 2.45) is 5.41 Å². The molecule has 0 fully saturated rings. The van der Waals surface area contributed by atoms with Crippen LogP contribution in [0.4, 0.5) is 8.78 Å². The van der Waals surface area contributed by atoms with Crippen LogP contribution in [0, 0.1) is 17.0 Å². The van der Waals surface area contributed by atoms with E-state index >= 15 is 0 Å². The summed E-state index contributed by atoms with van der Waals surface area (Å²) in [6.45, 7) is 9.39. The number of rotatable bonds is 6. The highest BCUT2D eigenvalue weighted by atomic mass is 19.1. The van der Waals surface area contributed by atoms with Gasteiger partial charge in [-0.3, -0.25) is 0 Å². The molecule has 0 bridgehead atoms. The molecule has 18 heavy (non-hydrogen) atoms. The minimum absolute atomic E-state index is 0.0960. The Balaban J connectivity index is 2.89. The number of hydrogen-bond acceptors (Lipinski definition) is 1. The smallest absolute Gasteiger partial charge is 0.126 e. The van der Waals surface area contributed by atoms with E-state index in [0.717, 1.165) is 19.0 Å². The summed E-state index contributed by atoms with van der Waals surface area (Å²) in [6.07, 6.45) is 1.66. The minimum atomic E-state index is -0.505. The van der Waals surface area contributed by atoms with Gasteiger partial charge in [-0.15, -0.1) is 0 Å². The lowest BCUT2D eigenvalue weighted by Gasteiger charge is -2.34. The Morgan fingerprint density at radius 1 is 1.11 bits per heavy atom. The summed E-state index contributed by atoms with van der Waals surface area (Å²) < 4.78 is 26.4. The molecule has 0 spiro atoms. The van der Waals surface area contributed by atoms with Gasteiger partial charge in [0, 0.05) is 12.1 Å². The van der Waals surface area contributed by atoms with Crippen LogP contribution in [0.1, 0.15) is 39.7 Å². The summed E-state index contributed by atoms with van der Waals surface area (Å²) in [5.74, 6) is -1.01. The fourth-order valence-corrected chi connectivity index (χ4v) is 2.08. The average molecular weight is 255 g/mol. The molecule has 1 aromatic carbocycles. The molecule has 102 valence electrons. The quantitative estimate of drug-likeness (QED) is 0.812. The Morgan fingerprint density at radius 2 is 1.67 bits per heavy atom. The molecule has 0 aliphatic heterocycles. The topological polar surface area (TPSA) is 12.0 Å². The first-order valence-corrected chi connectivity index (χ1v) is 6.57. The summed E-state index contributed by atoms with van der Waals surface area (Å²) in [6, 6.07) is 3.96. The third kappa shape index (κ3) is 4.05. The van der Waals surface area contributed by atoms with Crippen LogP contribution in [0.15, 0.2) is 18.2 Å². The fourth-order valence-electron chi connectivity index (χ4n) is 2.08. The molecule has 0 saturated heterocycles. The van der Waals surface area contributed by atoms with Gasteiger partial charge >= 0.3 is 0 Å². The molecular formula is C15H23F2N. The highest BCUT2D eigenvalue weighted by Gasteiger charge is 2.27. The van der Waals surface area contributed by atoms with Crippen molar-refractivity contribution in [3.8, 4) is 0 Å². The molecule has 1 nitrogen and oxygen atoms in total. The molecule has 3 heteroatoms. The second-order valence-corrected chi connectivity index (χ2v) is 5.43. The third-order valence-corrected chi connectivity index (χ3v) is 3.67. The molecule has 1 aromatic rings. The SMILES string of the molecule is CCNC(Cc1cc(F)cc(F)c1)C(C)(C)CC. The van der Waals surface area contributed by atoms with Gasteiger partial charge in [-0.2, -0.15) is 0 Å². The van der Waals surface area contributed by atoms with Crippen molar-refractivity contribution >= 4 is 0 Å². The van der Waals surface area contributed by atoms with Crippen LogP contribution in [0.2, 0.25) is 0 Å². The molecule has 1 rings (SSSR count). The number of halogens is 2. The second-order valence-electron chi connectivity index (χ2n) is 5.43. The number of benzene rings is 1. The Morgan fingerprint density at radius 3 is 2.11 bits per heavy atom. The number of nitrogens with one attached hydrogen (secondary N) is 1. The van der Waals surface area contributed by atoms with Gasteiger partial charge in [-0.05, 0) is 42.5 Å². The normalized spacial score (nSPS) is 13.7. The Hall–Kier alpha value is -0.960. The Bertz CT molecular complexity index is 368. The van der Waals surface area contributed by atoms with E-state index in [1.807, 2.05) is 6.92 Å². The van der Waals surface area contributed by atoms with Gasteiger partial charge in [0.05, 0.1) is 0 Å². The van der Waals surface area contributed by atoms with E-state index in [1.54, 1.807) is 0 Å². The van der Waals surface area contributed by atoms with Gasteiger partial charge < -0.3 is 5.32 Å². The monoisotopic (exact) mass is 255 g/mol. The van der Waals surface area contributed by atoms with Crippen molar-refractivity contribution in [2.45, 2.75) is 46.6 Å². The molecule has 1 unspecified atom stereocenters. The maximum atomic E-state index is 13.2.